The van der Waals surface area contributed by atoms with Crippen LogP contribution in [0.3, 0.4) is 0 Å². The molecule has 0 aromatic heterocycles. The minimum absolute atomic E-state index is 0. The van der Waals surface area contributed by atoms with Crippen LogP contribution in [0.4, 0.5) is 0 Å². The van der Waals surface area contributed by atoms with Crippen LogP contribution in [0.5, 0.6) is 0 Å². The molecule has 0 unspecified atom stereocenters. The Balaban J connectivity index is -0.000000886. The zero-order valence-electron chi connectivity index (χ0n) is 35.1. The average Bonchev–Trinajstić information content (AvgIpc) is 3.09. The summed E-state index contributed by atoms with van der Waals surface area (Å²) in [5, 5.41) is 21.9. The molecular weight excluding hydrogens is 661 g/mol. The Morgan fingerprint density at radius 3 is 0.627 bits per heavy atom. The fourth-order valence-corrected chi connectivity index (χ4v) is 6.78. The Morgan fingerprint density at radius 1 is 0.314 bits per heavy atom. The first-order valence-electron chi connectivity index (χ1n) is 22.2. The van der Waals surface area contributed by atoms with E-state index in [2.05, 4.69) is 37.5 Å². The molecular formula is C44H88CaN2O4. The van der Waals surface area contributed by atoms with Crippen molar-refractivity contribution in [3.63, 3.8) is 0 Å². The number of nitrogens with zero attached hydrogens (tertiary/aromatic N) is 2. The minimum atomic E-state index is -0.931. The largest absolute Gasteiger partial charge is 2.00 e. The van der Waals surface area contributed by atoms with Crippen molar-refractivity contribution in [2.75, 3.05) is 39.3 Å². The number of carboxylic acid groups (broad SMARTS) is 2. The molecule has 0 rings (SSSR count). The summed E-state index contributed by atoms with van der Waals surface area (Å²) in [6.45, 7) is 12.9. The van der Waals surface area contributed by atoms with Gasteiger partial charge in [0, 0.05) is 13.1 Å². The summed E-state index contributed by atoms with van der Waals surface area (Å²) >= 11 is 0. The number of carbonyl (C=O) groups excluding carboxylic acids is 2. The molecule has 0 aliphatic heterocycles. The molecule has 0 amide bonds. The first-order valence-corrected chi connectivity index (χ1v) is 22.2. The van der Waals surface area contributed by atoms with E-state index in [0.717, 1.165) is 51.9 Å². The standard InChI is InChI=1S/2C22H45NO2.Ca/c2*1-3-5-7-9-11-13-15-17-19-23(21-22(24)25)20-18-16-14-12-10-8-6-4-2;/h2*3-21H2,1-2H3,(H,24,25);/q;;+2/p-2. The van der Waals surface area contributed by atoms with Gasteiger partial charge in [0.05, 0.1) is 11.9 Å². The Hall–Kier alpha value is 0.120. The Morgan fingerprint density at radius 2 is 0.471 bits per heavy atom. The molecule has 0 spiro atoms. The van der Waals surface area contributed by atoms with Crippen LogP contribution in [0.1, 0.15) is 233 Å². The maximum atomic E-state index is 10.9. The van der Waals surface area contributed by atoms with E-state index >= 15 is 0 Å². The molecule has 0 bridgehead atoms. The van der Waals surface area contributed by atoms with E-state index in [-0.39, 0.29) is 50.8 Å². The van der Waals surface area contributed by atoms with E-state index in [1.54, 1.807) is 0 Å². The average molecular weight is 749 g/mol. The number of hydrogen-bond donors (Lipinski definition) is 0. The van der Waals surface area contributed by atoms with Gasteiger partial charge in [-0.25, -0.2) is 0 Å². The van der Waals surface area contributed by atoms with E-state index in [0.29, 0.717) is 0 Å². The third kappa shape index (κ3) is 50.1. The molecule has 6 nitrogen and oxygen atoms in total. The molecule has 0 fully saturated rings. The summed E-state index contributed by atoms with van der Waals surface area (Å²) < 4.78 is 0. The van der Waals surface area contributed by atoms with Crippen LogP contribution < -0.4 is 10.2 Å². The molecule has 0 aromatic rings. The first kappa shape index (κ1) is 55.5. The second kappa shape index (κ2) is 48.1. The molecule has 0 aromatic carbocycles. The van der Waals surface area contributed by atoms with Crippen LogP contribution in [0, 0.1) is 0 Å². The summed E-state index contributed by atoms with van der Waals surface area (Å²) in [5.41, 5.74) is 0. The second-order valence-corrected chi connectivity index (χ2v) is 15.2. The van der Waals surface area contributed by atoms with Crippen LogP contribution in [0.25, 0.3) is 0 Å². The molecule has 0 atom stereocenters. The molecule has 51 heavy (non-hydrogen) atoms. The van der Waals surface area contributed by atoms with Crippen molar-refractivity contribution in [1.82, 2.24) is 9.80 Å². The van der Waals surface area contributed by atoms with Gasteiger partial charge >= 0.3 is 37.7 Å². The van der Waals surface area contributed by atoms with Gasteiger partial charge in [-0.2, -0.15) is 0 Å². The monoisotopic (exact) mass is 749 g/mol. The molecule has 0 radical (unpaired) electrons. The third-order valence-electron chi connectivity index (χ3n) is 10.0. The van der Waals surface area contributed by atoms with Gasteiger partial charge in [0.2, 0.25) is 0 Å². The molecule has 0 aliphatic carbocycles. The van der Waals surface area contributed by atoms with Crippen molar-refractivity contribution in [2.24, 2.45) is 0 Å². The molecule has 0 aliphatic rings. The van der Waals surface area contributed by atoms with Gasteiger partial charge in [-0.1, -0.05) is 207 Å². The summed E-state index contributed by atoms with van der Waals surface area (Å²) in [7, 11) is 0. The quantitative estimate of drug-likeness (QED) is 0.0458. The number of unbranched alkanes of at least 4 members (excludes halogenated alkanes) is 28. The first-order chi connectivity index (χ1) is 24.4. The van der Waals surface area contributed by atoms with E-state index < -0.39 is 11.9 Å². The van der Waals surface area contributed by atoms with E-state index in [1.165, 1.54) is 180 Å². The van der Waals surface area contributed by atoms with Gasteiger partial charge in [0.15, 0.2) is 0 Å². The zero-order chi connectivity index (χ0) is 37.2. The van der Waals surface area contributed by atoms with Crippen molar-refractivity contribution in [3.05, 3.63) is 0 Å². The SMILES string of the molecule is CCCCCCCCCCN(CCCCCCCCCC)CC(=O)[O-].CCCCCCCCCCN(CCCCCCCCCC)CC(=O)[O-].[Ca+2]. The number of hydrogen-bond acceptors (Lipinski definition) is 6. The van der Waals surface area contributed by atoms with Crippen LogP contribution in [-0.2, 0) is 9.59 Å². The number of carbonyl (C=O) groups is 2. The Labute approximate surface area is 349 Å². The van der Waals surface area contributed by atoms with Crippen LogP contribution in [-0.4, -0.2) is 98.7 Å². The normalized spacial score (nSPS) is 11.1. The molecule has 0 saturated carbocycles. The fraction of sp³-hybridized carbons (Fsp3) is 0.955. The van der Waals surface area contributed by atoms with Gasteiger partial charge in [0.25, 0.3) is 0 Å². The maximum Gasteiger partial charge on any atom is 2.00 e. The van der Waals surface area contributed by atoms with Crippen LogP contribution in [0.2, 0.25) is 0 Å². The molecule has 7 heteroatoms. The smallest absolute Gasteiger partial charge is 0.549 e. The molecule has 0 N–H and O–H groups in total. The van der Waals surface area contributed by atoms with Crippen molar-refractivity contribution in [2.45, 2.75) is 233 Å². The summed E-state index contributed by atoms with van der Waals surface area (Å²) in [6.07, 6.45) is 41.4. The molecule has 300 valence electrons. The predicted octanol–water partition coefficient (Wildman–Crippen LogP) is 10.3. The van der Waals surface area contributed by atoms with Crippen molar-refractivity contribution in [3.8, 4) is 0 Å². The maximum absolute atomic E-state index is 10.9. The van der Waals surface area contributed by atoms with Crippen molar-refractivity contribution < 1.29 is 19.8 Å². The van der Waals surface area contributed by atoms with E-state index in [4.69, 9.17) is 0 Å². The predicted molar refractivity (Wildman–Crippen MR) is 219 cm³/mol. The number of rotatable bonds is 40. The molecule has 0 heterocycles. The summed E-state index contributed by atoms with van der Waals surface area (Å²) in [5.74, 6) is -1.86. The third-order valence-corrected chi connectivity index (χ3v) is 10.0. The number of carboxylic acids is 2. The summed E-state index contributed by atoms with van der Waals surface area (Å²) in [6, 6.07) is 0. The van der Waals surface area contributed by atoms with Gasteiger partial charge in [0.1, 0.15) is 0 Å². The number of aliphatic carboxylic acids is 2. The Bertz CT molecular complexity index is 586. The van der Waals surface area contributed by atoms with Gasteiger partial charge in [-0.3, -0.25) is 9.80 Å². The Kier molecular flexibility index (Phi) is 52.3. The van der Waals surface area contributed by atoms with E-state index in [9.17, 15) is 19.8 Å². The van der Waals surface area contributed by atoms with Gasteiger partial charge in [-0.15, -0.1) is 0 Å². The van der Waals surface area contributed by atoms with Crippen LogP contribution >= 0.6 is 0 Å². The summed E-state index contributed by atoms with van der Waals surface area (Å²) in [4.78, 5) is 26.0. The van der Waals surface area contributed by atoms with Crippen molar-refractivity contribution >= 4 is 49.7 Å². The second-order valence-electron chi connectivity index (χ2n) is 15.2. The van der Waals surface area contributed by atoms with E-state index in [1.807, 2.05) is 0 Å². The van der Waals surface area contributed by atoms with Crippen LogP contribution in [0.15, 0.2) is 0 Å². The zero-order valence-corrected chi connectivity index (χ0v) is 37.3. The van der Waals surface area contributed by atoms with Gasteiger partial charge in [-0.05, 0) is 51.9 Å². The topological polar surface area (TPSA) is 86.7 Å². The fourth-order valence-electron chi connectivity index (χ4n) is 6.78. The van der Waals surface area contributed by atoms with Gasteiger partial charge < -0.3 is 19.8 Å². The molecule has 0 saturated heterocycles. The van der Waals surface area contributed by atoms with Crippen molar-refractivity contribution in [1.29, 1.82) is 0 Å². The minimum Gasteiger partial charge on any atom is -0.549 e.